The van der Waals surface area contributed by atoms with Crippen LogP contribution in [0.15, 0.2) is 41.6 Å². The van der Waals surface area contributed by atoms with Gasteiger partial charge in [0.15, 0.2) is 11.0 Å². The highest BCUT2D eigenvalue weighted by Crippen LogP contribution is 2.20. The monoisotopic (exact) mass is 303 g/mol. The molecule has 8 heteroatoms. The summed E-state index contributed by atoms with van der Waals surface area (Å²) in [5, 5.41) is 0.432. The normalized spacial score (nSPS) is 11.2. The van der Waals surface area contributed by atoms with E-state index in [1.807, 2.05) is 0 Å². The number of sulfonamides is 1. The van der Waals surface area contributed by atoms with E-state index in [0.29, 0.717) is 5.02 Å². The summed E-state index contributed by atoms with van der Waals surface area (Å²) in [5.74, 6) is -0.0193. The van der Waals surface area contributed by atoms with Crippen molar-refractivity contribution in [2.24, 2.45) is 0 Å². The highest BCUT2D eigenvalue weighted by Gasteiger charge is 2.16. The first kappa shape index (κ1) is 13.1. The van der Waals surface area contributed by atoms with E-state index < -0.39 is 10.0 Å². The second-order valence-corrected chi connectivity index (χ2v) is 5.73. The zero-order valence-electron chi connectivity index (χ0n) is 8.84. The molecule has 1 aromatic carbocycles. The summed E-state index contributed by atoms with van der Waals surface area (Å²) in [5.41, 5.74) is 0. The van der Waals surface area contributed by atoms with Gasteiger partial charge in [-0.15, -0.1) is 0 Å². The van der Waals surface area contributed by atoms with Crippen LogP contribution in [0.25, 0.3) is 0 Å². The summed E-state index contributed by atoms with van der Waals surface area (Å²) >= 11 is 11.4. The lowest BCUT2D eigenvalue weighted by molar-refractivity contribution is 0.601. The van der Waals surface area contributed by atoms with Crippen LogP contribution in [0.3, 0.4) is 0 Å². The SMILES string of the molecule is O=S(=O)(Nc1nccnc1Cl)c1ccc(Cl)cc1. The Morgan fingerprint density at radius 3 is 2.22 bits per heavy atom. The van der Waals surface area contributed by atoms with Crippen LogP contribution in [0.2, 0.25) is 10.2 Å². The van der Waals surface area contributed by atoms with Crippen LogP contribution in [-0.4, -0.2) is 18.4 Å². The highest BCUT2D eigenvalue weighted by atomic mass is 35.5. The van der Waals surface area contributed by atoms with E-state index in [2.05, 4.69) is 14.7 Å². The Balaban J connectivity index is 2.33. The highest BCUT2D eigenvalue weighted by molar-refractivity contribution is 7.92. The number of nitrogens with one attached hydrogen (secondary N) is 1. The van der Waals surface area contributed by atoms with Gasteiger partial charge in [-0.3, -0.25) is 4.72 Å². The molecule has 18 heavy (non-hydrogen) atoms. The molecule has 5 nitrogen and oxygen atoms in total. The molecular formula is C10H7Cl2N3O2S. The van der Waals surface area contributed by atoms with E-state index in [0.717, 1.165) is 0 Å². The lowest BCUT2D eigenvalue weighted by Crippen LogP contribution is -2.14. The van der Waals surface area contributed by atoms with Gasteiger partial charge in [0.05, 0.1) is 4.90 Å². The molecule has 1 aromatic heterocycles. The van der Waals surface area contributed by atoms with Crippen molar-refractivity contribution in [3.05, 3.63) is 46.8 Å². The van der Waals surface area contributed by atoms with Crippen molar-refractivity contribution in [2.75, 3.05) is 4.72 Å². The minimum atomic E-state index is -3.75. The Morgan fingerprint density at radius 1 is 1.00 bits per heavy atom. The average molecular weight is 304 g/mol. The molecule has 1 N–H and O–H groups in total. The number of hydrogen-bond acceptors (Lipinski definition) is 4. The molecule has 0 fully saturated rings. The van der Waals surface area contributed by atoms with Gasteiger partial charge in [-0.1, -0.05) is 23.2 Å². The minimum Gasteiger partial charge on any atom is -0.261 e. The van der Waals surface area contributed by atoms with Crippen molar-refractivity contribution in [3.8, 4) is 0 Å². The average Bonchev–Trinajstić information content (AvgIpc) is 2.32. The molecule has 0 atom stereocenters. The minimum absolute atomic E-state index is 0.0185. The molecule has 0 aliphatic rings. The van der Waals surface area contributed by atoms with Crippen LogP contribution in [0.5, 0.6) is 0 Å². The first-order valence-corrected chi connectivity index (χ1v) is 6.98. The Kier molecular flexibility index (Phi) is 3.70. The molecule has 0 spiro atoms. The van der Waals surface area contributed by atoms with Crippen molar-refractivity contribution in [1.82, 2.24) is 9.97 Å². The maximum Gasteiger partial charge on any atom is 0.263 e. The molecule has 0 radical (unpaired) electrons. The quantitative estimate of drug-likeness (QED) is 0.946. The van der Waals surface area contributed by atoms with Gasteiger partial charge in [-0.05, 0) is 24.3 Å². The summed E-state index contributed by atoms with van der Waals surface area (Å²) < 4.78 is 26.2. The van der Waals surface area contributed by atoms with Gasteiger partial charge in [-0.25, -0.2) is 18.4 Å². The Hall–Kier alpha value is -1.37. The molecule has 1 heterocycles. The van der Waals surface area contributed by atoms with Crippen molar-refractivity contribution < 1.29 is 8.42 Å². The molecule has 0 aliphatic heterocycles. The van der Waals surface area contributed by atoms with Gasteiger partial charge in [0.1, 0.15) is 0 Å². The Morgan fingerprint density at radius 2 is 1.61 bits per heavy atom. The zero-order chi connectivity index (χ0) is 13.2. The maximum absolute atomic E-state index is 12.0. The second kappa shape index (κ2) is 5.09. The lowest BCUT2D eigenvalue weighted by Gasteiger charge is -2.07. The van der Waals surface area contributed by atoms with Crippen LogP contribution in [0, 0.1) is 0 Å². The molecule has 0 aliphatic carbocycles. The molecule has 2 aromatic rings. The molecular weight excluding hydrogens is 297 g/mol. The fourth-order valence-electron chi connectivity index (χ4n) is 1.19. The third-order valence-electron chi connectivity index (χ3n) is 2.01. The van der Waals surface area contributed by atoms with Gasteiger partial charge in [-0.2, -0.15) is 0 Å². The number of anilines is 1. The summed E-state index contributed by atoms with van der Waals surface area (Å²) in [6.07, 6.45) is 2.70. The zero-order valence-corrected chi connectivity index (χ0v) is 11.2. The topological polar surface area (TPSA) is 72.0 Å². The van der Waals surface area contributed by atoms with E-state index in [4.69, 9.17) is 23.2 Å². The van der Waals surface area contributed by atoms with Crippen molar-refractivity contribution in [3.63, 3.8) is 0 Å². The fourth-order valence-corrected chi connectivity index (χ4v) is 2.54. The van der Waals surface area contributed by atoms with Gasteiger partial charge >= 0.3 is 0 Å². The molecule has 0 unspecified atom stereocenters. The maximum atomic E-state index is 12.0. The van der Waals surface area contributed by atoms with Crippen LogP contribution >= 0.6 is 23.2 Å². The first-order valence-electron chi connectivity index (χ1n) is 4.74. The Bertz CT molecular complexity index is 659. The second-order valence-electron chi connectivity index (χ2n) is 3.26. The third kappa shape index (κ3) is 2.90. The van der Waals surface area contributed by atoms with Crippen LogP contribution in [-0.2, 0) is 10.0 Å². The number of aromatic nitrogens is 2. The molecule has 0 bridgehead atoms. The van der Waals surface area contributed by atoms with E-state index in [-0.39, 0.29) is 15.9 Å². The summed E-state index contributed by atoms with van der Waals surface area (Å²) in [7, 11) is -3.75. The first-order chi connectivity index (χ1) is 8.49. The van der Waals surface area contributed by atoms with E-state index in [9.17, 15) is 8.42 Å². The van der Waals surface area contributed by atoms with Crippen LogP contribution < -0.4 is 4.72 Å². The van der Waals surface area contributed by atoms with Crippen LogP contribution in [0.4, 0.5) is 5.82 Å². The van der Waals surface area contributed by atoms with E-state index in [1.54, 1.807) is 0 Å². The summed E-state index contributed by atoms with van der Waals surface area (Å²) in [6, 6.07) is 5.73. The summed E-state index contributed by atoms with van der Waals surface area (Å²) in [6.45, 7) is 0. The number of nitrogens with zero attached hydrogens (tertiary/aromatic N) is 2. The number of benzene rings is 1. The van der Waals surface area contributed by atoms with Gasteiger partial charge < -0.3 is 0 Å². The Labute approximate surface area is 114 Å². The number of halogens is 2. The smallest absolute Gasteiger partial charge is 0.261 e. The molecule has 0 amide bonds. The standard InChI is InChI=1S/C10H7Cl2N3O2S/c11-7-1-3-8(4-2-7)18(16,17)15-10-9(12)13-5-6-14-10/h1-6H,(H,14,15). The van der Waals surface area contributed by atoms with E-state index in [1.165, 1.54) is 36.7 Å². The van der Waals surface area contributed by atoms with Gasteiger partial charge in [0.25, 0.3) is 10.0 Å². The van der Waals surface area contributed by atoms with Crippen LogP contribution in [0.1, 0.15) is 0 Å². The molecule has 2 rings (SSSR count). The molecule has 0 saturated carbocycles. The number of rotatable bonds is 3. The van der Waals surface area contributed by atoms with Crippen molar-refractivity contribution >= 4 is 39.0 Å². The van der Waals surface area contributed by atoms with Gasteiger partial charge in [0, 0.05) is 17.4 Å². The number of hydrogen-bond donors (Lipinski definition) is 1. The van der Waals surface area contributed by atoms with Gasteiger partial charge in [0.2, 0.25) is 0 Å². The largest absolute Gasteiger partial charge is 0.263 e. The molecule has 94 valence electrons. The predicted octanol–water partition coefficient (Wildman–Crippen LogP) is 2.58. The van der Waals surface area contributed by atoms with Crippen molar-refractivity contribution in [2.45, 2.75) is 4.90 Å². The fraction of sp³-hybridized carbons (Fsp3) is 0. The lowest BCUT2D eigenvalue weighted by atomic mass is 10.4. The molecule has 0 saturated heterocycles. The predicted molar refractivity (Wildman–Crippen MR) is 69.3 cm³/mol. The van der Waals surface area contributed by atoms with Crippen molar-refractivity contribution in [1.29, 1.82) is 0 Å². The summed E-state index contributed by atoms with van der Waals surface area (Å²) in [4.78, 5) is 7.59. The van der Waals surface area contributed by atoms with E-state index >= 15 is 0 Å². The third-order valence-corrected chi connectivity index (χ3v) is 3.89.